The zero-order valence-corrected chi connectivity index (χ0v) is 10.5. The zero-order valence-electron chi connectivity index (χ0n) is 9.76. The molecular weight excluding hydrogens is 227 g/mol. The first-order valence-corrected chi connectivity index (χ1v) is 6.03. The van der Waals surface area contributed by atoms with Crippen molar-refractivity contribution in [1.82, 2.24) is 10.3 Å². The van der Waals surface area contributed by atoms with Crippen LogP contribution in [0, 0.1) is 5.82 Å². The molecule has 0 radical (unpaired) electrons. The Hall–Kier alpha value is -0.670. The standard InChI is InChI=1S/C12H18ClFN2/c1-3-12(2,4-5-13)16-8-10-6-11(14)9-15-7-10/h6-7,9,16H,3-5,8H2,1-2H3. The number of rotatable bonds is 6. The fourth-order valence-electron chi connectivity index (χ4n) is 1.47. The first-order valence-electron chi connectivity index (χ1n) is 5.50. The summed E-state index contributed by atoms with van der Waals surface area (Å²) in [5.74, 6) is 0.327. The number of hydrogen-bond donors (Lipinski definition) is 1. The van der Waals surface area contributed by atoms with E-state index >= 15 is 0 Å². The molecule has 0 saturated carbocycles. The van der Waals surface area contributed by atoms with Gasteiger partial charge < -0.3 is 5.32 Å². The van der Waals surface area contributed by atoms with Crippen LogP contribution in [-0.4, -0.2) is 16.4 Å². The maximum Gasteiger partial charge on any atom is 0.141 e. The minimum absolute atomic E-state index is 0.00800. The summed E-state index contributed by atoms with van der Waals surface area (Å²) >= 11 is 5.76. The van der Waals surface area contributed by atoms with Crippen molar-refractivity contribution in [2.75, 3.05) is 5.88 Å². The van der Waals surface area contributed by atoms with Crippen LogP contribution in [0.4, 0.5) is 4.39 Å². The van der Waals surface area contributed by atoms with Gasteiger partial charge in [-0.1, -0.05) is 6.92 Å². The second kappa shape index (κ2) is 6.16. The van der Waals surface area contributed by atoms with Crippen LogP contribution in [0.3, 0.4) is 0 Å². The van der Waals surface area contributed by atoms with Gasteiger partial charge in [0.25, 0.3) is 0 Å². The van der Waals surface area contributed by atoms with E-state index in [2.05, 4.69) is 24.1 Å². The van der Waals surface area contributed by atoms with Crippen molar-refractivity contribution in [2.24, 2.45) is 0 Å². The van der Waals surface area contributed by atoms with Crippen LogP contribution in [0.1, 0.15) is 32.3 Å². The van der Waals surface area contributed by atoms with E-state index in [-0.39, 0.29) is 11.4 Å². The fourth-order valence-corrected chi connectivity index (χ4v) is 1.88. The van der Waals surface area contributed by atoms with Gasteiger partial charge in [-0.05, 0) is 31.4 Å². The van der Waals surface area contributed by atoms with Crippen molar-refractivity contribution >= 4 is 11.6 Å². The van der Waals surface area contributed by atoms with Gasteiger partial charge in [0.1, 0.15) is 5.82 Å². The predicted octanol–water partition coefficient (Wildman–Crippen LogP) is 3.11. The Kier molecular flexibility index (Phi) is 5.16. The fraction of sp³-hybridized carbons (Fsp3) is 0.583. The lowest BCUT2D eigenvalue weighted by Crippen LogP contribution is -2.41. The molecule has 1 N–H and O–H groups in total. The van der Waals surface area contributed by atoms with Gasteiger partial charge in [0.2, 0.25) is 0 Å². The van der Waals surface area contributed by atoms with E-state index in [1.807, 2.05) is 0 Å². The van der Waals surface area contributed by atoms with Crippen molar-refractivity contribution in [1.29, 1.82) is 0 Å². The van der Waals surface area contributed by atoms with Crippen LogP contribution < -0.4 is 5.32 Å². The number of nitrogens with one attached hydrogen (secondary N) is 1. The van der Waals surface area contributed by atoms with E-state index in [4.69, 9.17) is 11.6 Å². The van der Waals surface area contributed by atoms with Crippen LogP contribution in [0.5, 0.6) is 0 Å². The van der Waals surface area contributed by atoms with Crippen molar-refractivity contribution in [3.63, 3.8) is 0 Å². The Morgan fingerprint density at radius 2 is 2.25 bits per heavy atom. The van der Waals surface area contributed by atoms with Crippen molar-refractivity contribution < 1.29 is 4.39 Å². The molecule has 0 spiro atoms. The zero-order chi connectivity index (χ0) is 12.0. The molecule has 0 aromatic carbocycles. The van der Waals surface area contributed by atoms with Crippen molar-refractivity contribution in [2.45, 2.75) is 38.8 Å². The molecule has 1 atom stereocenters. The third-order valence-electron chi connectivity index (χ3n) is 2.91. The summed E-state index contributed by atoms with van der Waals surface area (Å²) in [7, 11) is 0. The Labute approximate surface area is 101 Å². The van der Waals surface area contributed by atoms with Gasteiger partial charge in [0.05, 0.1) is 6.20 Å². The molecule has 1 heterocycles. The number of nitrogens with zero attached hydrogens (tertiary/aromatic N) is 1. The first-order chi connectivity index (χ1) is 7.59. The average Bonchev–Trinajstić information content (AvgIpc) is 2.27. The summed E-state index contributed by atoms with van der Waals surface area (Å²) in [6, 6.07) is 1.50. The third kappa shape index (κ3) is 4.06. The number of aromatic nitrogens is 1. The van der Waals surface area contributed by atoms with Gasteiger partial charge in [-0.3, -0.25) is 4.98 Å². The van der Waals surface area contributed by atoms with E-state index < -0.39 is 0 Å². The quantitative estimate of drug-likeness (QED) is 0.778. The highest BCUT2D eigenvalue weighted by atomic mass is 35.5. The molecule has 0 amide bonds. The molecule has 0 fully saturated rings. The van der Waals surface area contributed by atoms with Crippen LogP contribution in [0.15, 0.2) is 18.5 Å². The summed E-state index contributed by atoms with van der Waals surface area (Å²) in [5, 5.41) is 3.40. The molecule has 0 bridgehead atoms. The minimum Gasteiger partial charge on any atom is -0.307 e. The van der Waals surface area contributed by atoms with E-state index in [1.54, 1.807) is 6.20 Å². The summed E-state index contributed by atoms with van der Waals surface area (Å²) in [6.45, 7) is 4.86. The monoisotopic (exact) mass is 244 g/mol. The SMILES string of the molecule is CCC(C)(CCCl)NCc1cncc(F)c1. The lowest BCUT2D eigenvalue weighted by atomic mass is 9.95. The largest absolute Gasteiger partial charge is 0.307 e. The molecule has 1 unspecified atom stereocenters. The van der Waals surface area contributed by atoms with Crippen LogP contribution >= 0.6 is 11.6 Å². The Morgan fingerprint density at radius 1 is 1.50 bits per heavy atom. The topological polar surface area (TPSA) is 24.9 Å². The highest BCUT2D eigenvalue weighted by Crippen LogP contribution is 2.16. The molecule has 90 valence electrons. The molecule has 4 heteroatoms. The Bertz CT molecular complexity index is 333. The summed E-state index contributed by atoms with van der Waals surface area (Å²) in [6.07, 6.45) is 4.77. The van der Waals surface area contributed by atoms with E-state index in [0.29, 0.717) is 12.4 Å². The maximum atomic E-state index is 12.9. The lowest BCUT2D eigenvalue weighted by molar-refractivity contribution is 0.330. The highest BCUT2D eigenvalue weighted by Gasteiger charge is 2.20. The first kappa shape index (κ1) is 13.4. The number of alkyl halides is 1. The number of halogens is 2. The smallest absolute Gasteiger partial charge is 0.141 e. The van der Waals surface area contributed by atoms with Gasteiger partial charge in [-0.25, -0.2) is 4.39 Å². The maximum absolute atomic E-state index is 12.9. The summed E-state index contributed by atoms with van der Waals surface area (Å²) in [5.41, 5.74) is 0.864. The van der Waals surface area contributed by atoms with Gasteiger partial charge >= 0.3 is 0 Å². The van der Waals surface area contributed by atoms with Crippen molar-refractivity contribution in [3.05, 3.63) is 29.8 Å². The van der Waals surface area contributed by atoms with Gasteiger partial charge in [-0.2, -0.15) is 0 Å². The normalized spacial score (nSPS) is 14.8. The molecule has 1 aromatic rings. The second-order valence-corrected chi connectivity index (χ2v) is 4.60. The molecule has 0 aliphatic carbocycles. The number of pyridine rings is 1. The molecule has 0 saturated heterocycles. The predicted molar refractivity (Wildman–Crippen MR) is 65.1 cm³/mol. The molecule has 0 aliphatic heterocycles. The Morgan fingerprint density at radius 3 is 2.81 bits per heavy atom. The Balaban J connectivity index is 2.55. The molecule has 1 aromatic heterocycles. The van der Waals surface area contributed by atoms with Crippen molar-refractivity contribution in [3.8, 4) is 0 Å². The molecule has 2 nitrogen and oxygen atoms in total. The number of hydrogen-bond acceptors (Lipinski definition) is 2. The molecule has 1 rings (SSSR count). The van der Waals surface area contributed by atoms with E-state index in [9.17, 15) is 4.39 Å². The van der Waals surface area contributed by atoms with Gasteiger partial charge in [0, 0.05) is 24.2 Å². The highest BCUT2D eigenvalue weighted by molar-refractivity contribution is 6.17. The van der Waals surface area contributed by atoms with Gasteiger partial charge in [0.15, 0.2) is 0 Å². The van der Waals surface area contributed by atoms with Gasteiger partial charge in [-0.15, -0.1) is 11.6 Å². The van der Waals surface area contributed by atoms with Crippen LogP contribution in [0.2, 0.25) is 0 Å². The second-order valence-electron chi connectivity index (χ2n) is 4.22. The van der Waals surface area contributed by atoms with E-state index in [1.165, 1.54) is 12.3 Å². The van der Waals surface area contributed by atoms with Crippen LogP contribution in [-0.2, 0) is 6.54 Å². The average molecular weight is 245 g/mol. The minimum atomic E-state index is -0.296. The molecule has 0 aliphatic rings. The summed E-state index contributed by atoms with van der Waals surface area (Å²) < 4.78 is 12.9. The molecule has 16 heavy (non-hydrogen) atoms. The summed E-state index contributed by atoms with van der Waals surface area (Å²) in [4.78, 5) is 3.82. The van der Waals surface area contributed by atoms with E-state index in [0.717, 1.165) is 18.4 Å². The molecular formula is C12H18ClFN2. The van der Waals surface area contributed by atoms with Crippen LogP contribution in [0.25, 0.3) is 0 Å². The lowest BCUT2D eigenvalue weighted by Gasteiger charge is -2.29. The third-order valence-corrected chi connectivity index (χ3v) is 3.10.